The largest absolute Gasteiger partial charge is 0.466 e. The lowest BCUT2D eigenvalue weighted by Crippen LogP contribution is -2.47. The second kappa shape index (κ2) is 8.45. The summed E-state index contributed by atoms with van der Waals surface area (Å²) < 4.78 is 44.0. The quantitative estimate of drug-likeness (QED) is 0.536. The zero-order valence-corrected chi connectivity index (χ0v) is 17.6. The number of nitrogens with one attached hydrogen (secondary N) is 2. The maximum atomic E-state index is 13.4. The Bertz CT molecular complexity index is 1150. The van der Waals surface area contributed by atoms with Crippen LogP contribution in [-0.2, 0) is 19.4 Å². The summed E-state index contributed by atoms with van der Waals surface area (Å²) in [6.45, 7) is 1.88. The highest BCUT2D eigenvalue weighted by Gasteiger charge is 2.35. The number of carbonyl (C=O) groups excluding carboxylic acids is 2. The number of sulfone groups is 1. The Hall–Kier alpha value is -2.91. The van der Waals surface area contributed by atoms with Crippen molar-refractivity contribution < 1.29 is 27.1 Å². The molecule has 0 aliphatic carbocycles. The Morgan fingerprint density at radius 3 is 2.47 bits per heavy atom. The van der Waals surface area contributed by atoms with E-state index < -0.39 is 39.4 Å². The van der Waals surface area contributed by atoms with Gasteiger partial charge in [-0.3, -0.25) is 0 Å². The highest BCUT2D eigenvalue weighted by atomic mass is 35.5. The lowest BCUT2D eigenvalue weighted by atomic mass is 9.95. The van der Waals surface area contributed by atoms with Gasteiger partial charge in [0.2, 0.25) is 0 Å². The van der Waals surface area contributed by atoms with Gasteiger partial charge in [-0.1, -0.05) is 41.4 Å². The number of rotatable bonds is 5. The van der Waals surface area contributed by atoms with Gasteiger partial charge in [-0.25, -0.2) is 22.4 Å². The van der Waals surface area contributed by atoms with Crippen molar-refractivity contribution in [1.29, 1.82) is 0 Å². The molecule has 3 rings (SSSR count). The first-order valence-corrected chi connectivity index (χ1v) is 10.8. The molecule has 1 heterocycles. The van der Waals surface area contributed by atoms with Gasteiger partial charge in [-0.05, 0) is 30.7 Å². The minimum Gasteiger partial charge on any atom is -0.466 e. The Morgan fingerprint density at radius 2 is 1.87 bits per heavy atom. The van der Waals surface area contributed by atoms with Crippen LogP contribution < -0.4 is 10.6 Å². The van der Waals surface area contributed by atoms with Crippen molar-refractivity contribution in [3.63, 3.8) is 0 Å². The van der Waals surface area contributed by atoms with Gasteiger partial charge in [0.25, 0.3) is 0 Å². The molecular weight excluding hydrogens is 435 g/mol. The summed E-state index contributed by atoms with van der Waals surface area (Å²) in [6.07, 6.45) is 0. The number of urea groups is 1. The smallest absolute Gasteiger partial charge is 0.338 e. The van der Waals surface area contributed by atoms with Gasteiger partial charge < -0.3 is 15.4 Å². The summed E-state index contributed by atoms with van der Waals surface area (Å²) in [5.41, 5.74) is 1.38. The maximum absolute atomic E-state index is 13.4. The lowest BCUT2D eigenvalue weighted by molar-refractivity contribution is -0.136. The van der Waals surface area contributed by atoms with Crippen LogP contribution in [0, 0.1) is 12.7 Å². The van der Waals surface area contributed by atoms with Crippen molar-refractivity contribution in [2.75, 3.05) is 12.9 Å². The fraction of sp³-hybridized carbons (Fsp3) is 0.200. The molecule has 0 bridgehead atoms. The molecule has 0 radical (unpaired) electrons. The van der Waals surface area contributed by atoms with Gasteiger partial charge in [0.1, 0.15) is 5.82 Å². The van der Waals surface area contributed by atoms with Crippen LogP contribution in [0.15, 0.2) is 58.6 Å². The van der Waals surface area contributed by atoms with Crippen LogP contribution in [-0.4, -0.2) is 33.3 Å². The summed E-state index contributed by atoms with van der Waals surface area (Å²) >= 11 is 5.70. The third-order valence-electron chi connectivity index (χ3n) is 4.55. The first kappa shape index (κ1) is 21.8. The molecule has 158 valence electrons. The zero-order chi connectivity index (χ0) is 22.1. The van der Waals surface area contributed by atoms with Gasteiger partial charge in [-0.2, -0.15) is 0 Å². The molecular formula is C20H18ClFN2O5S. The Balaban J connectivity index is 2.09. The number of hydrogen-bond acceptors (Lipinski definition) is 5. The number of esters is 1. The molecule has 2 aromatic carbocycles. The number of carbonyl (C=O) groups is 2. The molecule has 10 heteroatoms. The Morgan fingerprint density at radius 1 is 1.20 bits per heavy atom. The van der Waals surface area contributed by atoms with E-state index in [-0.39, 0.29) is 21.2 Å². The van der Waals surface area contributed by atoms with Crippen LogP contribution in [0.1, 0.15) is 17.2 Å². The highest BCUT2D eigenvalue weighted by Crippen LogP contribution is 2.30. The van der Waals surface area contributed by atoms with Crippen molar-refractivity contribution >= 4 is 33.4 Å². The van der Waals surface area contributed by atoms with Gasteiger partial charge in [0, 0.05) is 5.70 Å². The molecule has 0 saturated carbocycles. The van der Waals surface area contributed by atoms with Gasteiger partial charge in [0.05, 0.1) is 34.4 Å². The summed E-state index contributed by atoms with van der Waals surface area (Å²) in [4.78, 5) is 24.5. The molecule has 2 aromatic rings. The average Bonchev–Trinajstić information content (AvgIpc) is 2.69. The van der Waals surface area contributed by atoms with E-state index in [0.717, 1.165) is 30.9 Å². The van der Waals surface area contributed by atoms with Crippen LogP contribution in [0.2, 0.25) is 5.02 Å². The third kappa shape index (κ3) is 4.47. The predicted octanol–water partition coefficient (Wildman–Crippen LogP) is 3.04. The highest BCUT2D eigenvalue weighted by molar-refractivity contribution is 7.91. The normalized spacial score (nSPS) is 16.7. The Kier molecular flexibility index (Phi) is 6.14. The molecule has 0 spiro atoms. The molecule has 2 N–H and O–H groups in total. The molecule has 2 amide bonds. The third-order valence-corrected chi connectivity index (χ3v) is 6.48. The molecule has 0 saturated heterocycles. The molecule has 7 nitrogen and oxygen atoms in total. The van der Waals surface area contributed by atoms with Gasteiger partial charge in [0.15, 0.2) is 9.84 Å². The summed E-state index contributed by atoms with van der Waals surface area (Å²) in [5.74, 6) is -2.27. The zero-order valence-electron chi connectivity index (χ0n) is 16.0. The van der Waals surface area contributed by atoms with E-state index in [1.807, 2.05) is 6.92 Å². The topological polar surface area (TPSA) is 102 Å². The number of amides is 2. The molecule has 0 fully saturated rings. The molecule has 1 aliphatic heterocycles. The fourth-order valence-electron chi connectivity index (χ4n) is 3.04. The molecule has 1 atom stereocenters. The first-order chi connectivity index (χ1) is 14.1. The number of benzene rings is 2. The molecule has 30 heavy (non-hydrogen) atoms. The van der Waals surface area contributed by atoms with Gasteiger partial charge >= 0.3 is 12.0 Å². The van der Waals surface area contributed by atoms with Crippen molar-refractivity contribution in [3.05, 3.63) is 75.7 Å². The van der Waals surface area contributed by atoms with E-state index in [1.165, 1.54) is 0 Å². The summed E-state index contributed by atoms with van der Waals surface area (Å²) in [6, 6.07) is 8.44. The Labute approximate surface area is 177 Å². The molecule has 0 aromatic heterocycles. The van der Waals surface area contributed by atoms with Crippen LogP contribution in [0.4, 0.5) is 9.18 Å². The second-order valence-corrected chi connectivity index (χ2v) is 9.06. The summed E-state index contributed by atoms with van der Waals surface area (Å²) in [7, 11) is -2.91. The van der Waals surface area contributed by atoms with E-state index in [4.69, 9.17) is 16.3 Å². The van der Waals surface area contributed by atoms with E-state index in [0.29, 0.717) is 5.56 Å². The number of methoxy groups -OCH3 is 1. The molecule has 1 aliphatic rings. The van der Waals surface area contributed by atoms with Crippen LogP contribution in [0.5, 0.6) is 0 Å². The monoisotopic (exact) mass is 452 g/mol. The molecule has 0 unspecified atom stereocenters. The van der Waals surface area contributed by atoms with E-state index in [9.17, 15) is 22.4 Å². The van der Waals surface area contributed by atoms with Crippen molar-refractivity contribution in [1.82, 2.24) is 10.6 Å². The SMILES string of the molecule is COC(=O)C1=C(CS(=O)(=O)c2ccc(F)c(Cl)c2)NC(=O)N[C@H]1c1ccc(C)cc1. The van der Waals surface area contributed by atoms with E-state index >= 15 is 0 Å². The van der Waals surface area contributed by atoms with Crippen LogP contribution in [0.3, 0.4) is 0 Å². The van der Waals surface area contributed by atoms with E-state index in [2.05, 4.69) is 10.6 Å². The predicted molar refractivity (Wildman–Crippen MR) is 108 cm³/mol. The number of hydrogen-bond donors (Lipinski definition) is 2. The number of aryl methyl sites for hydroxylation is 1. The average molecular weight is 453 g/mol. The van der Waals surface area contributed by atoms with Crippen molar-refractivity contribution in [2.45, 2.75) is 17.9 Å². The number of ether oxygens (including phenoxy) is 1. The standard InChI is InChI=1S/C20H18ClFN2O5S/c1-11-3-5-12(6-4-11)18-17(19(25)29-2)16(23-20(26)24-18)10-30(27,28)13-7-8-15(22)14(21)9-13/h3-9,18H,10H2,1-2H3,(H2,23,24,26)/t18-/m0/s1. The fourth-order valence-corrected chi connectivity index (χ4v) is 4.63. The van der Waals surface area contributed by atoms with Crippen LogP contribution in [0.25, 0.3) is 0 Å². The van der Waals surface area contributed by atoms with Gasteiger partial charge in [-0.15, -0.1) is 0 Å². The number of halogens is 2. The first-order valence-electron chi connectivity index (χ1n) is 8.75. The lowest BCUT2D eigenvalue weighted by Gasteiger charge is -2.29. The second-order valence-electron chi connectivity index (χ2n) is 6.66. The maximum Gasteiger partial charge on any atom is 0.338 e. The van der Waals surface area contributed by atoms with Crippen molar-refractivity contribution in [3.8, 4) is 0 Å². The minimum atomic E-state index is -4.07. The van der Waals surface area contributed by atoms with Crippen molar-refractivity contribution in [2.24, 2.45) is 0 Å². The van der Waals surface area contributed by atoms with Crippen LogP contribution >= 0.6 is 11.6 Å². The summed E-state index contributed by atoms with van der Waals surface area (Å²) in [5, 5.41) is 4.65. The minimum absolute atomic E-state index is 0.0438. The van der Waals surface area contributed by atoms with E-state index in [1.54, 1.807) is 24.3 Å².